The van der Waals surface area contributed by atoms with Crippen molar-refractivity contribution in [2.45, 2.75) is 70.3 Å². The van der Waals surface area contributed by atoms with Crippen LogP contribution < -0.4 is 4.90 Å². The first-order valence-electron chi connectivity index (χ1n) is 15.3. The number of carbonyl (C=O) groups is 2. The number of carbonyl (C=O) groups excluding carboxylic acids is 1. The molecule has 3 aromatic rings. The van der Waals surface area contributed by atoms with Gasteiger partial charge in [0.15, 0.2) is 11.5 Å². The number of unbranched alkanes of at least 4 members (excludes halogenated alkanes) is 2. The van der Waals surface area contributed by atoms with Crippen molar-refractivity contribution in [2.75, 3.05) is 18.5 Å². The number of Topliss-reactive ketones (excluding diaryl/α,β-unsaturated/α-hetero) is 1. The average Bonchev–Trinajstić information content (AvgIpc) is 3.32. The van der Waals surface area contributed by atoms with Crippen LogP contribution in [0.4, 0.5) is 11.4 Å². The van der Waals surface area contributed by atoms with Gasteiger partial charge in [-0.25, -0.2) is 0 Å². The Labute approximate surface area is 253 Å². The average molecular weight is 578 g/mol. The highest BCUT2D eigenvalue weighted by molar-refractivity contribution is 6.15. The van der Waals surface area contributed by atoms with Crippen molar-refractivity contribution < 1.29 is 24.4 Å². The number of ketones is 1. The summed E-state index contributed by atoms with van der Waals surface area (Å²) in [4.78, 5) is 26.9. The Balaban J connectivity index is 1.36. The minimum absolute atomic E-state index is 0.0364. The molecule has 0 saturated heterocycles. The molecular formula is C37H41N2O4+. The van der Waals surface area contributed by atoms with E-state index >= 15 is 0 Å². The molecule has 43 heavy (non-hydrogen) atoms. The summed E-state index contributed by atoms with van der Waals surface area (Å²) in [5, 5.41) is 22.8. The van der Waals surface area contributed by atoms with Gasteiger partial charge < -0.3 is 15.1 Å². The van der Waals surface area contributed by atoms with Crippen molar-refractivity contribution >= 4 is 39.6 Å². The smallest absolute Gasteiger partial charge is 0.303 e. The molecule has 1 saturated carbocycles. The van der Waals surface area contributed by atoms with Gasteiger partial charge in [0.05, 0.1) is 22.8 Å². The number of likely N-dealkylation sites (N-methyl/N-ethyl adjacent to an activating group) is 1. The molecule has 6 nitrogen and oxygen atoms in total. The summed E-state index contributed by atoms with van der Waals surface area (Å²) >= 11 is 0. The lowest BCUT2D eigenvalue weighted by molar-refractivity contribution is -0.436. The monoisotopic (exact) mass is 577 g/mol. The molecule has 2 atom stereocenters. The van der Waals surface area contributed by atoms with Crippen molar-refractivity contribution in [3.05, 3.63) is 95.2 Å². The van der Waals surface area contributed by atoms with Gasteiger partial charge in [-0.3, -0.25) is 9.59 Å². The van der Waals surface area contributed by atoms with E-state index in [1.54, 1.807) is 0 Å². The zero-order chi connectivity index (χ0) is 30.7. The van der Waals surface area contributed by atoms with Crippen molar-refractivity contribution in [2.24, 2.45) is 5.92 Å². The third-order valence-corrected chi connectivity index (χ3v) is 9.86. The normalized spacial score (nSPS) is 23.7. The number of aliphatic carboxylic acids is 1. The third-order valence-electron chi connectivity index (χ3n) is 9.86. The molecule has 1 fully saturated rings. The minimum Gasteiger partial charge on any atom is -0.481 e. The van der Waals surface area contributed by atoms with Crippen LogP contribution in [0.5, 0.6) is 0 Å². The van der Waals surface area contributed by atoms with Gasteiger partial charge in [0.1, 0.15) is 6.54 Å². The van der Waals surface area contributed by atoms with E-state index in [4.69, 9.17) is 5.11 Å². The SMILES string of the molecule is CN1C(=CC2C(=O)C(=CC3=[N+](CCCCCC(=O)O)c4c(ccc5ccccc45)C3(C)C)C2O)C(C)(C)c2ccccc21. The van der Waals surface area contributed by atoms with Gasteiger partial charge in [0, 0.05) is 53.9 Å². The molecule has 1 aliphatic carbocycles. The first-order valence-corrected chi connectivity index (χ1v) is 15.3. The highest BCUT2D eigenvalue weighted by Gasteiger charge is 2.50. The number of aliphatic hydroxyl groups excluding tert-OH is 1. The number of aliphatic hydroxyl groups is 1. The molecule has 2 unspecified atom stereocenters. The quantitative estimate of drug-likeness (QED) is 0.178. The van der Waals surface area contributed by atoms with Gasteiger partial charge in [0.2, 0.25) is 5.69 Å². The van der Waals surface area contributed by atoms with E-state index in [1.807, 2.05) is 43.5 Å². The summed E-state index contributed by atoms with van der Waals surface area (Å²) in [5.41, 5.74) is 6.50. The van der Waals surface area contributed by atoms with Gasteiger partial charge >= 0.3 is 5.97 Å². The fourth-order valence-electron chi connectivity index (χ4n) is 7.38. The Morgan fingerprint density at radius 2 is 1.65 bits per heavy atom. The highest BCUT2D eigenvalue weighted by Crippen LogP contribution is 2.49. The largest absolute Gasteiger partial charge is 0.481 e. The summed E-state index contributed by atoms with van der Waals surface area (Å²) in [7, 11) is 2.03. The Morgan fingerprint density at radius 3 is 2.37 bits per heavy atom. The number of hydrogen-bond donors (Lipinski definition) is 2. The molecular weight excluding hydrogens is 536 g/mol. The first-order chi connectivity index (χ1) is 20.4. The summed E-state index contributed by atoms with van der Waals surface area (Å²) in [5.74, 6) is -1.39. The molecule has 3 aromatic carbocycles. The van der Waals surface area contributed by atoms with Crippen LogP contribution in [0.2, 0.25) is 0 Å². The van der Waals surface area contributed by atoms with Crippen LogP contribution in [0.1, 0.15) is 64.5 Å². The summed E-state index contributed by atoms with van der Waals surface area (Å²) < 4.78 is 2.31. The van der Waals surface area contributed by atoms with Crippen LogP contribution in [-0.2, 0) is 20.4 Å². The maximum absolute atomic E-state index is 13.7. The number of nitrogens with zero attached hydrogens (tertiary/aromatic N) is 2. The van der Waals surface area contributed by atoms with Crippen LogP contribution in [0, 0.1) is 5.92 Å². The van der Waals surface area contributed by atoms with Gasteiger partial charge in [-0.2, -0.15) is 4.58 Å². The molecule has 0 spiro atoms. The minimum atomic E-state index is -0.880. The predicted octanol–water partition coefficient (Wildman–Crippen LogP) is 6.66. The van der Waals surface area contributed by atoms with Crippen molar-refractivity contribution in [3.8, 4) is 0 Å². The predicted molar refractivity (Wildman–Crippen MR) is 171 cm³/mol. The maximum atomic E-state index is 13.7. The van der Waals surface area contributed by atoms with Crippen molar-refractivity contribution in [1.29, 1.82) is 0 Å². The first kappa shape index (κ1) is 29.1. The second-order valence-corrected chi connectivity index (χ2v) is 13.2. The lowest BCUT2D eigenvalue weighted by Gasteiger charge is -2.35. The van der Waals surface area contributed by atoms with E-state index in [9.17, 15) is 14.7 Å². The number of rotatable bonds is 8. The summed E-state index contributed by atoms with van der Waals surface area (Å²) in [6.07, 6.45) is 5.45. The zero-order valence-corrected chi connectivity index (χ0v) is 25.7. The van der Waals surface area contributed by atoms with E-state index in [0.717, 1.165) is 46.4 Å². The Kier molecular flexibility index (Phi) is 7.16. The Hall–Kier alpha value is -4.03. The van der Waals surface area contributed by atoms with E-state index < -0.39 is 18.0 Å². The van der Waals surface area contributed by atoms with E-state index in [1.165, 1.54) is 11.1 Å². The van der Waals surface area contributed by atoms with Crippen LogP contribution in [0.3, 0.4) is 0 Å². The number of hydrogen-bond acceptors (Lipinski definition) is 4. The fraction of sp³-hybridized carbons (Fsp3) is 0.378. The zero-order valence-electron chi connectivity index (χ0n) is 25.7. The topological polar surface area (TPSA) is 80.9 Å². The van der Waals surface area contributed by atoms with E-state index in [2.05, 4.69) is 73.6 Å². The van der Waals surface area contributed by atoms with E-state index in [0.29, 0.717) is 18.5 Å². The molecule has 222 valence electrons. The molecule has 2 aliphatic heterocycles. The van der Waals surface area contributed by atoms with Gasteiger partial charge in [-0.1, -0.05) is 68.5 Å². The number of benzene rings is 3. The molecule has 0 bridgehead atoms. The van der Waals surface area contributed by atoms with Crippen LogP contribution in [0.25, 0.3) is 10.8 Å². The van der Waals surface area contributed by atoms with Crippen LogP contribution in [0.15, 0.2) is 84.1 Å². The number of fused-ring (bicyclic) bond motifs is 4. The van der Waals surface area contributed by atoms with Crippen LogP contribution >= 0.6 is 0 Å². The number of allylic oxidation sites excluding steroid dienone is 2. The molecule has 0 amide bonds. The molecule has 0 radical (unpaired) electrons. The van der Waals surface area contributed by atoms with Gasteiger partial charge in [-0.15, -0.1) is 0 Å². The lowest BCUT2D eigenvalue weighted by atomic mass is 9.71. The molecule has 2 N–H and O–H groups in total. The second-order valence-electron chi connectivity index (χ2n) is 13.2. The second kappa shape index (κ2) is 10.6. The number of para-hydroxylation sites is 1. The van der Waals surface area contributed by atoms with E-state index in [-0.39, 0.29) is 23.0 Å². The Morgan fingerprint density at radius 1 is 0.930 bits per heavy atom. The molecule has 6 heteroatoms. The number of carboxylic acids is 1. The summed E-state index contributed by atoms with van der Waals surface area (Å²) in [6, 6.07) is 21.0. The number of anilines is 1. The standard InChI is InChI=1S/C37H40N2O4/c1-36(2)27-15-10-11-16-29(27)38(5)30(36)21-25-34(42)26(35(25)43)22-31-37(3,4)28-19-18-23-13-8-9-14-24(23)33(28)39(31)20-12-6-7-17-32(40)41/h8-11,13-16,18-19,21-22,25,34,42H,6-7,12,17,20H2,1-5H3/p+1. The molecule has 0 aromatic heterocycles. The molecule has 6 rings (SSSR count). The number of carboxylic acid groups (broad SMARTS) is 1. The fourth-order valence-corrected chi connectivity index (χ4v) is 7.38. The molecule has 3 aliphatic rings. The lowest BCUT2D eigenvalue weighted by Crippen LogP contribution is -2.46. The molecule has 2 heterocycles. The summed E-state index contributed by atoms with van der Waals surface area (Å²) in [6.45, 7) is 9.40. The third kappa shape index (κ3) is 4.63. The Bertz CT molecular complexity index is 1740. The van der Waals surface area contributed by atoms with Crippen molar-refractivity contribution in [3.63, 3.8) is 0 Å². The van der Waals surface area contributed by atoms with Gasteiger partial charge in [-0.05, 0) is 49.8 Å². The van der Waals surface area contributed by atoms with Gasteiger partial charge in [0.25, 0.3) is 0 Å². The maximum Gasteiger partial charge on any atom is 0.303 e. The van der Waals surface area contributed by atoms with Crippen LogP contribution in [-0.4, -0.2) is 51.9 Å². The van der Waals surface area contributed by atoms with Crippen molar-refractivity contribution in [1.82, 2.24) is 0 Å². The highest BCUT2D eigenvalue weighted by atomic mass is 16.4.